The third kappa shape index (κ3) is 6.73. The molecule has 0 fully saturated rings. The summed E-state index contributed by atoms with van der Waals surface area (Å²) in [4.78, 5) is 8.75. The fraction of sp³-hybridized carbons (Fsp3) is 0.733. The van der Waals surface area contributed by atoms with E-state index in [0.29, 0.717) is 30.7 Å². The van der Waals surface area contributed by atoms with E-state index < -0.39 is 5.60 Å². The normalized spacial score (nSPS) is 14.0. The van der Waals surface area contributed by atoms with Crippen LogP contribution in [0.4, 0.5) is 11.6 Å². The minimum absolute atomic E-state index is 0.357. The molecule has 1 unspecified atom stereocenters. The van der Waals surface area contributed by atoms with Gasteiger partial charge in [-0.15, -0.1) is 0 Å². The van der Waals surface area contributed by atoms with Crippen LogP contribution in [0.15, 0.2) is 6.07 Å². The summed E-state index contributed by atoms with van der Waals surface area (Å²) in [5, 5.41) is 16.7. The molecule has 6 nitrogen and oxygen atoms in total. The molecule has 0 aromatic carbocycles. The number of methoxy groups -OCH3 is 1. The van der Waals surface area contributed by atoms with Gasteiger partial charge in [0.25, 0.3) is 0 Å². The number of aliphatic hydroxyl groups is 1. The Hall–Kier alpha value is -1.40. The molecule has 120 valence electrons. The summed E-state index contributed by atoms with van der Waals surface area (Å²) in [6.07, 6.45) is 0.732. The van der Waals surface area contributed by atoms with Crippen LogP contribution < -0.4 is 10.6 Å². The van der Waals surface area contributed by atoms with Crippen molar-refractivity contribution in [2.24, 2.45) is 5.92 Å². The molecule has 0 amide bonds. The largest absolute Gasteiger partial charge is 0.388 e. The Morgan fingerprint density at radius 1 is 1.29 bits per heavy atom. The summed E-state index contributed by atoms with van der Waals surface area (Å²) in [5.41, 5.74) is -0.765. The Labute approximate surface area is 127 Å². The van der Waals surface area contributed by atoms with Crippen LogP contribution in [0.25, 0.3) is 0 Å². The second-order valence-electron chi connectivity index (χ2n) is 5.97. The van der Waals surface area contributed by atoms with Crippen LogP contribution in [-0.4, -0.2) is 40.9 Å². The van der Waals surface area contributed by atoms with E-state index in [4.69, 9.17) is 4.74 Å². The Balaban J connectivity index is 2.76. The minimum Gasteiger partial charge on any atom is -0.388 e. The molecule has 1 aromatic rings. The van der Waals surface area contributed by atoms with Crippen molar-refractivity contribution < 1.29 is 9.84 Å². The molecule has 1 atom stereocenters. The van der Waals surface area contributed by atoms with E-state index in [1.807, 2.05) is 19.9 Å². The van der Waals surface area contributed by atoms with E-state index in [1.54, 1.807) is 7.11 Å². The highest BCUT2D eigenvalue weighted by Crippen LogP contribution is 2.18. The van der Waals surface area contributed by atoms with Crippen LogP contribution >= 0.6 is 0 Å². The van der Waals surface area contributed by atoms with Crippen LogP contribution in [0, 0.1) is 5.92 Å². The van der Waals surface area contributed by atoms with Crippen molar-refractivity contribution >= 4 is 11.6 Å². The molecule has 0 radical (unpaired) electrons. The van der Waals surface area contributed by atoms with E-state index in [-0.39, 0.29) is 0 Å². The summed E-state index contributed by atoms with van der Waals surface area (Å²) in [7, 11) is 1.61. The molecule has 21 heavy (non-hydrogen) atoms. The van der Waals surface area contributed by atoms with E-state index in [1.165, 1.54) is 0 Å². The van der Waals surface area contributed by atoms with Crippen molar-refractivity contribution in [2.45, 2.75) is 46.3 Å². The van der Waals surface area contributed by atoms with Gasteiger partial charge in [-0.3, -0.25) is 0 Å². The van der Waals surface area contributed by atoms with Gasteiger partial charge in [-0.2, -0.15) is 0 Å². The van der Waals surface area contributed by atoms with Crippen LogP contribution in [0.3, 0.4) is 0 Å². The lowest BCUT2D eigenvalue weighted by Crippen LogP contribution is -2.35. The van der Waals surface area contributed by atoms with Crippen molar-refractivity contribution in [3.05, 3.63) is 11.9 Å². The Kier molecular flexibility index (Phi) is 6.84. The van der Waals surface area contributed by atoms with Gasteiger partial charge in [0, 0.05) is 26.3 Å². The first-order chi connectivity index (χ1) is 9.86. The van der Waals surface area contributed by atoms with Crippen molar-refractivity contribution in [1.82, 2.24) is 9.97 Å². The monoisotopic (exact) mass is 296 g/mol. The molecule has 0 aliphatic carbocycles. The first-order valence-corrected chi connectivity index (χ1v) is 7.43. The highest BCUT2D eigenvalue weighted by molar-refractivity contribution is 5.47. The number of ether oxygens (including phenoxy) is 1. The van der Waals surface area contributed by atoms with Crippen LogP contribution in [0.5, 0.6) is 0 Å². The van der Waals surface area contributed by atoms with Crippen LogP contribution in [0.2, 0.25) is 0 Å². The van der Waals surface area contributed by atoms with Gasteiger partial charge in [-0.05, 0) is 26.2 Å². The van der Waals surface area contributed by atoms with E-state index >= 15 is 0 Å². The molecule has 1 rings (SSSR count). The van der Waals surface area contributed by atoms with E-state index in [0.717, 1.165) is 18.8 Å². The fourth-order valence-corrected chi connectivity index (χ4v) is 2.29. The van der Waals surface area contributed by atoms with Gasteiger partial charge < -0.3 is 20.5 Å². The van der Waals surface area contributed by atoms with Crippen molar-refractivity contribution in [3.8, 4) is 0 Å². The second kappa shape index (κ2) is 8.14. The van der Waals surface area contributed by atoms with Gasteiger partial charge in [-0.1, -0.05) is 13.8 Å². The third-order valence-electron chi connectivity index (χ3n) is 2.90. The zero-order valence-corrected chi connectivity index (χ0v) is 13.7. The SMILES string of the molecule is CCNc1cc(NCC(C)(O)CC(C)C)nc(COC)n1. The van der Waals surface area contributed by atoms with E-state index in [9.17, 15) is 5.11 Å². The zero-order valence-electron chi connectivity index (χ0n) is 13.7. The van der Waals surface area contributed by atoms with Gasteiger partial charge in [0.1, 0.15) is 18.2 Å². The summed E-state index contributed by atoms with van der Waals surface area (Å²) >= 11 is 0. The Bertz CT molecular complexity index is 411. The van der Waals surface area contributed by atoms with Crippen LogP contribution in [-0.2, 0) is 11.3 Å². The molecule has 0 saturated carbocycles. The predicted molar refractivity (Wildman–Crippen MR) is 85.5 cm³/mol. The number of hydrogen-bond acceptors (Lipinski definition) is 6. The van der Waals surface area contributed by atoms with Crippen molar-refractivity contribution in [2.75, 3.05) is 30.8 Å². The number of anilines is 2. The van der Waals surface area contributed by atoms with Gasteiger partial charge in [0.05, 0.1) is 5.60 Å². The van der Waals surface area contributed by atoms with Crippen LogP contribution in [0.1, 0.15) is 39.9 Å². The highest BCUT2D eigenvalue weighted by atomic mass is 16.5. The topological polar surface area (TPSA) is 79.3 Å². The summed E-state index contributed by atoms with van der Waals surface area (Å²) in [6.45, 7) is 9.63. The number of rotatable bonds is 9. The average Bonchev–Trinajstić information content (AvgIpc) is 2.36. The molecule has 0 saturated heterocycles. The summed E-state index contributed by atoms with van der Waals surface area (Å²) < 4.78 is 5.08. The molecule has 0 aliphatic heterocycles. The standard InChI is InChI=1S/C15H28N4O2/c1-6-16-12-7-13(19-14(18-12)9-21-5)17-10-15(4,20)8-11(2)3/h7,11,20H,6,8-10H2,1-5H3,(H2,16,17,18,19). The van der Waals surface area contributed by atoms with Gasteiger partial charge >= 0.3 is 0 Å². The van der Waals surface area contributed by atoms with Crippen molar-refractivity contribution in [3.63, 3.8) is 0 Å². The Morgan fingerprint density at radius 3 is 2.43 bits per heavy atom. The zero-order chi connectivity index (χ0) is 15.9. The first kappa shape index (κ1) is 17.7. The molecular weight excluding hydrogens is 268 g/mol. The molecule has 0 bridgehead atoms. The molecule has 0 aliphatic rings. The molecule has 0 spiro atoms. The number of hydrogen-bond donors (Lipinski definition) is 3. The average molecular weight is 296 g/mol. The van der Waals surface area contributed by atoms with Gasteiger partial charge in [0.15, 0.2) is 5.82 Å². The number of nitrogens with one attached hydrogen (secondary N) is 2. The first-order valence-electron chi connectivity index (χ1n) is 7.43. The lowest BCUT2D eigenvalue weighted by Gasteiger charge is -2.26. The summed E-state index contributed by atoms with van der Waals surface area (Å²) in [5.74, 6) is 2.50. The smallest absolute Gasteiger partial charge is 0.158 e. The summed E-state index contributed by atoms with van der Waals surface area (Å²) in [6, 6.07) is 1.84. The lowest BCUT2D eigenvalue weighted by atomic mass is 9.94. The van der Waals surface area contributed by atoms with E-state index in [2.05, 4.69) is 34.4 Å². The molecule has 1 aromatic heterocycles. The van der Waals surface area contributed by atoms with Crippen molar-refractivity contribution in [1.29, 1.82) is 0 Å². The van der Waals surface area contributed by atoms with Gasteiger partial charge in [0.2, 0.25) is 0 Å². The predicted octanol–water partition coefficient (Wildman–Crippen LogP) is 2.26. The lowest BCUT2D eigenvalue weighted by molar-refractivity contribution is 0.0514. The van der Waals surface area contributed by atoms with Gasteiger partial charge in [-0.25, -0.2) is 9.97 Å². The molecular formula is C15H28N4O2. The number of nitrogens with zero attached hydrogens (tertiary/aromatic N) is 2. The molecule has 3 N–H and O–H groups in total. The maximum absolute atomic E-state index is 10.3. The molecule has 6 heteroatoms. The highest BCUT2D eigenvalue weighted by Gasteiger charge is 2.21. The quantitative estimate of drug-likeness (QED) is 0.649. The molecule has 1 heterocycles. The fourth-order valence-electron chi connectivity index (χ4n) is 2.29. The third-order valence-corrected chi connectivity index (χ3v) is 2.90. The minimum atomic E-state index is -0.765. The number of aromatic nitrogens is 2. The maximum atomic E-state index is 10.3. The maximum Gasteiger partial charge on any atom is 0.158 e. The Morgan fingerprint density at radius 2 is 1.90 bits per heavy atom. The second-order valence-corrected chi connectivity index (χ2v) is 5.97.